The lowest BCUT2D eigenvalue weighted by molar-refractivity contribution is 0.0944. The minimum atomic E-state index is -0.0479. The van der Waals surface area contributed by atoms with E-state index in [9.17, 15) is 4.79 Å². The molecule has 1 aliphatic rings. The smallest absolute Gasteiger partial charge is 0.251 e. The lowest BCUT2D eigenvalue weighted by Gasteiger charge is -2.16. The average Bonchev–Trinajstić information content (AvgIpc) is 3.32. The molecular formula is C24H27N5O. The number of carbonyl (C=O) groups is 1. The summed E-state index contributed by atoms with van der Waals surface area (Å²) in [6.45, 7) is 4.11. The van der Waals surface area contributed by atoms with Crippen LogP contribution in [0.4, 0.5) is 5.69 Å². The summed E-state index contributed by atoms with van der Waals surface area (Å²) in [4.78, 5) is 19.1. The number of rotatable bonds is 5. The molecule has 0 radical (unpaired) electrons. The minimum absolute atomic E-state index is 0.00743. The fourth-order valence-corrected chi connectivity index (χ4v) is 4.08. The van der Waals surface area contributed by atoms with Crippen LogP contribution in [-0.4, -0.2) is 40.8 Å². The summed E-state index contributed by atoms with van der Waals surface area (Å²) in [6.07, 6.45) is 6.88. The summed E-state index contributed by atoms with van der Waals surface area (Å²) in [6, 6.07) is 13.5. The Morgan fingerprint density at radius 1 is 1.10 bits per heavy atom. The molecule has 0 saturated carbocycles. The Labute approximate surface area is 177 Å². The first-order chi connectivity index (χ1) is 14.4. The lowest BCUT2D eigenvalue weighted by atomic mass is 9.96. The van der Waals surface area contributed by atoms with Crippen molar-refractivity contribution in [3.8, 4) is 5.82 Å². The number of nitrogens with zero attached hydrogens (tertiary/aromatic N) is 4. The van der Waals surface area contributed by atoms with E-state index < -0.39 is 0 Å². The van der Waals surface area contributed by atoms with Crippen LogP contribution in [0.3, 0.4) is 0 Å². The molecule has 0 spiro atoms. The van der Waals surface area contributed by atoms with Gasteiger partial charge in [0.25, 0.3) is 5.91 Å². The van der Waals surface area contributed by atoms with Gasteiger partial charge in [-0.1, -0.05) is 18.2 Å². The van der Waals surface area contributed by atoms with E-state index in [4.69, 9.17) is 5.10 Å². The van der Waals surface area contributed by atoms with Crippen molar-refractivity contribution in [2.75, 3.05) is 19.0 Å². The molecule has 6 nitrogen and oxygen atoms in total. The molecule has 1 aliphatic carbocycles. The van der Waals surface area contributed by atoms with Crippen LogP contribution in [0.2, 0.25) is 0 Å². The third-order valence-electron chi connectivity index (χ3n) is 5.63. The second-order valence-electron chi connectivity index (χ2n) is 7.93. The van der Waals surface area contributed by atoms with Gasteiger partial charge < -0.3 is 10.2 Å². The van der Waals surface area contributed by atoms with Crippen LogP contribution in [0.25, 0.3) is 5.82 Å². The largest absolute Gasteiger partial charge is 0.378 e. The number of anilines is 1. The Balaban J connectivity index is 1.46. The number of benzene rings is 1. The molecule has 2 aromatic heterocycles. The van der Waals surface area contributed by atoms with Crippen molar-refractivity contribution in [2.45, 2.75) is 32.2 Å². The van der Waals surface area contributed by atoms with Crippen molar-refractivity contribution >= 4 is 11.6 Å². The van der Waals surface area contributed by atoms with E-state index in [0.717, 1.165) is 29.3 Å². The molecule has 4 rings (SSSR count). The predicted molar refractivity (Wildman–Crippen MR) is 119 cm³/mol. The highest BCUT2D eigenvalue weighted by atomic mass is 16.1. The van der Waals surface area contributed by atoms with Gasteiger partial charge in [-0.05, 0) is 56.7 Å². The number of aryl methyl sites for hydroxylation is 1. The topological polar surface area (TPSA) is 63.1 Å². The molecule has 3 aromatic rings. The first kappa shape index (κ1) is 19.9. The van der Waals surface area contributed by atoms with E-state index in [-0.39, 0.29) is 17.9 Å². The summed E-state index contributed by atoms with van der Waals surface area (Å²) in [5.74, 6) is 0.995. The predicted octanol–water partition coefficient (Wildman–Crippen LogP) is 3.79. The number of carbonyl (C=O) groups excluding carboxylic acids is 1. The molecule has 0 aliphatic heterocycles. The SMILES string of the molecule is Cc1nn(-c2ccccn2)c(C)c1[C@@H]1C=C[C@@H](NC(=O)c2ccc(N(C)C)cc2)C1. The number of amides is 1. The Morgan fingerprint density at radius 2 is 1.87 bits per heavy atom. The summed E-state index contributed by atoms with van der Waals surface area (Å²) in [5, 5.41) is 7.85. The molecule has 0 unspecified atom stereocenters. The van der Waals surface area contributed by atoms with Crippen molar-refractivity contribution in [1.82, 2.24) is 20.1 Å². The van der Waals surface area contributed by atoms with Crippen LogP contribution in [0.5, 0.6) is 0 Å². The third kappa shape index (κ3) is 3.85. The van der Waals surface area contributed by atoms with Crippen molar-refractivity contribution < 1.29 is 4.79 Å². The average molecular weight is 402 g/mol. The maximum Gasteiger partial charge on any atom is 0.251 e. The minimum Gasteiger partial charge on any atom is -0.378 e. The van der Waals surface area contributed by atoms with Gasteiger partial charge >= 0.3 is 0 Å². The van der Waals surface area contributed by atoms with Crippen molar-refractivity contribution in [2.24, 2.45) is 0 Å². The third-order valence-corrected chi connectivity index (χ3v) is 5.63. The lowest BCUT2D eigenvalue weighted by Crippen LogP contribution is -2.32. The van der Waals surface area contributed by atoms with Crippen LogP contribution in [0.15, 0.2) is 60.8 Å². The number of nitrogens with one attached hydrogen (secondary N) is 1. The van der Waals surface area contributed by atoms with Gasteiger partial charge in [0.15, 0.2) is 5.82 Å². The zero-order valence-corrected chi connectivity index (χ0v) is 17.8. The fourth-order valence-electron chi connectivity index (χ4n) is 4.08. The molecular weight excluding hydrogens is 374 g/mol. The molecule has 1 aromatic carbocycles. The monoisotopic (exact) mass is 401 g/mol. The number of pyridine rings is 1. The fraction of sp³-hybridized carbons (Fsp3) is 0.292. The maximum atomic E-state index is 12.7. The second kappa shape index (κ2) is 8.14. The van der Waals surface area contributed by atoms with Crippen molar-refractivity contribution in [3.05, 3.63) is 83.3 Å². The van der Waals surface area contributed by atoms with Crippen LogP contribution in [0, 0.1) is 13.8 Å². The highest BCUT2D eigenvalue weighted by Gasteiger charge is 2.27. The van der Waals surface area contributed by atoms with E-state index in [1.165, 1.54) is 5.56 Å². The molecule has 1 N–H and O–H groups in total. The van der Waals surface area contributed by atoms with Gasteiger partial charge in [-0.15, -0.1) is 0 Å². The Morgan fingerprint density at radius 3 is 2.53 bits per heavy atom. The first-order valence-corrected chi connectivity index (χ1v) is 10.2. The van der Waals surface area contributed by atoms with Crippen LogP contribution < -0.4 is 10.2 Å². The van der Waals surface area contributed by atoms with Crippen molar-refractivity contribution in [3.63, 3.8) is 0 Å². The van der Waals surface area contributed by atoms with Gasteiger partial charge in [0.05, 0.1) is 5.69 Å². The van der Waals surface area contributed by atoms with Gasteiger partial charge in [-0.2, -0.15) is 5.10 Å². The number of aromatic nitrogens is 3. The molecule has 30 heavy (non-hydrogen) atoms. The van der Waals surface area contributed by atoms with Gasteiger partial charge in [0.2, 0.25) is 0 Å². The highest BCUT2D eigenvalue weighted by Crippen LogP contribution is 2.33. The highest BCUT2D eigenvalue weighted by molar-refractivity contribution is 5.94. The molecule has 154 valence electrons. The molecule has 6 heteroatoms. The number of hydrogen-bond acceptors (Lipinski definition) is 4. The van der Waals surface area contributed by atoms with E-state index >= 15 is 0 Å². The van der Waals surface area contributed by atoms with Gasteiger partial charge in [0.1, 0.15) is 0 Å². The molecule has 1 amide bonds. The van der Waals surface area contributed by atoms with E-state index in [1.54, 1.807) is 6.20 Å². The standard InChI is InChI=1S/C24H27N5O/c1-16-23(17(2)29(27-16)22-7-5-6-14-25-22)19-8-11-20(15-19)26-24(30)18-9-12-21(13-10-18)28(3)4/h5-14,19-20H,15H2,1-4H3,(H,26,30)/t19-,20-/m1/s1. The molecule has 2 atom stereocenters. The van der Waals surface area contributed by atoms with Gasteiger partial charge in [0, 0.05) is 54.8 Å². The molecule has 2 heterocycles. The Kier molecular flexibility index (Phi) is 5.40. The number of hydrogen-bond donors (Lipinski definition) is 1. The zero-order valence-electron chi connectivity index (χ0n) is 17.8. The van der Waals surface area contributed by atoms with Crippen LogP contribution in [-0.2, 0) is 0 Å². The van der Waals surface area contributed by atoms with E-state index in [2.05, 4.69) is 29.4 Å². The van der Waals surface area contributed by atoms with Gasteiger partial charge in [-0.25, -0.2) is 9.67 Å². The normalized spacial score (nSPS) is 17.9. The second-order valence-corrected chi connectivity index (χ2v) is 7.93. The summed E-state index contributed by atoms with van der Waals surface area (Å²) in [7, 11) is 3.97. The maximum absolute atomic E-state index is 12.7. The van der Waals surface area contributed by atoms with E-state index in [0.29, 0.717) is 5.56 Å². The Bertz CT molecular complexity index is 1070. The van der Waals surface area contributed by atoms with Crippen LogP contribution >= 0.6 is 0 Å². The molecule has 0 saturated heterocycles. The van der Waals surface area contributed by atoms with E-state index in [1.807, 2.05) is 73.1 Å². The van der Waals surface area contributed by atoms with Crippen LogP contribution in [0.1, 0.15) is 39.6 Å². The van der Waals surface area contributed by atoms with Crippen molar-refractivity contribution in [1.29, 1.82) is 0 Å². The quantitative estimate of drug-likeness (QED) is 0.661. The summed E-state index contributed by atoms with van der Waals surface area (Å²) in [5.41, 5.74) is 5.05. The first-order valence-electron chi connectivity index (χ1n) is 10.2. The zero-order chi connectivity index (χ0) is 21.3. The van der Waals surface area contributed by atoms with Gasteiger partial charge in [-0.3, -0.25) is 4.79 Å². The Hall–Kier alpha value is -3.41. The molecule has 0 bridgehead atoms. The molecule has 0 fully saturated rings. The number of allylic oxidation sites excluding steroid dienone is 1. The summed E-state index contributed by atoms with van der Waals surface area (Å²) >= 11 is 0. The summed E-state index contributed by atoms with van der Waals surface area (Å²) < 4.78 is 1.90.